The molecule has 0 atom stereocenters. The van der Waals surface area contributed by atoms with Gasteiger partial charge in [-0.3, -0.25) is 0 Å². The molecule has 5 nitrogen and oxygen atoms in total. The lowest BCUT2D eigenvalue weighted by molar-refractivity contribution is 0.380. The van der Waals surface area contributed by atoms with Crippen LogP contribution in [-0.2, 0) is 0 Å². The maximum atomic E-state index is 5.05. The Kier molecular flexibility index (Phi) is 2.94. The molecule has 0 aliphatic rings. The van der Waals surface area contributed by atoms with Crippen LogP contribution in [0.15, 0.2) is 54.9 Å². The Hall–Kier alpha value is -2.69. The molecule has 0 aliphatic heterocycles. The molecule has 2 aromatic heterocycles. The molecule has 0 unspecified atom stereocenters. The van der Waals surface area contributed by atoms with Crippen molar-refractivity contribution >= 4 is 0 Å². The second kappa shape index (κ2) is 4.89. The van der Waals surface area contributed by atoms with Crippen molar-refractivity contribution < 1.29 is 4.74 Å². The Balaban J connectivity index is 2.09. The Bertz CT molecular complexity index is 679. The highest BCUT2D eigenvalue weighted by molar-refractivity contribution is 5.57. The van der Waals surface area contributed by atoms with Gasteiger partial charge >= 0.3 is 6.01 Å². The fourth-order valence-corrected chi connectivity index (χ4v) is 1.85. The maximum Gasteiger partial charge on any atom is 0.316 e. The van der Waals surface area contributed by atoms with E-state index < -0.39 is 0 Å². The van der Waals surface area contributed by atoms with Gasteiger partial charge in [0, 0.05) is 6.20 Å². The van der Waals surface area contributed by atoms with E-state index in [-0.39, 0.29) is 0 Å². The van der Waals surface area contributed by atoms with E-state index in [9.17, 15) is 0 Å². The molecule has 5 heteroatoms. The van der Waals surface area contributed by atoms with E-state index in [2.05, 4.69) is 15.1 Å². The SMILES string of the molecule is COc1nccc(-c2ccnn2-c2ccccc2)n1. The topological polar surface area (TPSA) is 52.8 Å². The molecule has 0 aliphatic carbocycles. The molecule has 0 saturated carbocycles. The van der Waals surface area contributed by atoms with Gasteiger partial charge in [0.1, 0.15) is 0 Å². The zero-order chi connectivity index (χ0) is 13.1. The van der Waals surface area contributed by atoms with Gasteiger partial charge < -0.3 is 4.74 Å². The van der Waals surface area contributed by atoms with Gasteiger partial charge in [0.2, 0.25) is 0 Å². The summed E-state index contributed by atoms with van der Waals surface area (Å²) in [5, 5.41) is 4.33. The van der Waals surface area contributed by atoms with E-state index in [0.29, 0.717) is 6.01 Å². The van der Waals surface area contributed by atoms with Gasteiger partial charge in [-0.05, 0) is 24.3 Å². The fourth-order valence-electron chi connectivity index (χ4n) is 1.85. The van der Waals surface area contributed by atoms with E-state index in [0.717, 1.165) is 17.1 Å². The monoisotopic (exact) mass is 252 g/mol. The van der Waals surface area contributed by atoms with Crippen LogP contribution in [0.2, 0.25) is 0 Å². The Morgan fingerprint density at radius 1 is 1.00 bits per heavy atom. The summed E-state index contributed by atoms with van der Waals surface area (Å²) in [6.07, 6.45) is 3.42. The van der Waals surface area contributed by atoms with Crippen molar-refractivity contribution in [3.8, 4) is 23.1 Å². The average molecular weight is 252 g/mol. The summed E-state index contributed by atoms with van der Waals surface area (Å²) in [6.45, 7) is 0. The van der Waals surface area contributed by atoms with Gasteiger partial charge in [-0.1, -0.05) is 18.2 Å². The number of rotatable bonds is 3. The highest BCUT2D eigenvalue weighted by Gasteiger charge is 2.09. The lowest BCUT2D eigenvalue weighted by Gasteiger charge is -2.07. The highest BCUT2D eigenvalue weighted by atomic mass is 16.5. The second-order valence-electron chi connectivity index (χ2n) is 3.89. The minimum atomic E-state index is 0.346. The standard InChI is InChI=1S/C14H12N4O/c1-19-14-15-9-7-12(17-14)13-8-10-16-18(13)11-5-3-2-4-6-11/h2-10H,1H3. The van der Waals surface area contributed by atoms with Crippen LogP contribution in [0.3, 0.4) is 0 Å². The number of nitrogens with zero attached hydrogens (tertiary/aromatic N) is 4. The Morgan fingerprint density at radius 3 is 2.63 bits per heavy atom. The number of aromatic nitrogens is 4. The van der Waals surface area contributed by atoms with Gasteiger partial charge in [-0.25, -0.2) is 9.67 Å². The predicted molar refractivity (Wildman–Crippen MR) is 71.1 cm³/mol. The minimum Gasteiger partial charge on any atom is -0.467 e. The number of hydrogen-bond acceptors (Lipinski definition) is 4. The summed E-state index contributed by atoms with van der Waals surface area (Å²) in [5.41, 5.74) is 2.65. The van der Waals surface area contributed by atoms with E-state index in [1.54, 1.807) is 19.5 Å². The Morgan fingerprint density at radius 2 is 1.84 bits per heavy atom. The van der Waals surface area contributed by atoms with E-state index in [1.807, 2.05) is 47.1 Å². The molecule has 19 heavy (non-hydrogen) atoms. The summed E-state index contributed by atoms with van der Waals surface area (Å²) in [6, 6.07) is 14.0. The molecule has 3 rings (SSSR count). The van der Waals surface area contributed by atoms with Crippen LogP contribution >= 0.6 is 0 Å². The molecule has 3 aromatic rings. The van der Waals surface area contributed by atoms with E-state index in [4.69, 9.17) is 4.74 Å². The minimum absolute atomic E-state index is 0.346. The smallest absolute Gasteiger partial charge is 0.316 e. The maximum absolute atomic E-state index is 5.05. The van der Waals surface area contributed by atoms with Gasteiger partial charge in [0.25, 0.3) is 0 Å². The van der Waals surface area contributed by atoms with Crippen LogP contribution in [-0.4, -0.2) is 26.9 Å². The molecule has 0 spiro atoms. The third-order valence-electron chi connectivity index (χ3n) is 2.72. The van der Waals surface area contributed by atoms with Crippen LogP contribution < -0.4 is 4.74 Å². The average Bonchev–Trinajstić information content (AvgIpc) is 2.98. The first-order valence-corrected chi connectivity index (χ1v) is 5.85. The van der Waals surface area contributed by atoms with Crippen LogP contribution in [0, 0.1) is 0 Å². The molecule has 0 bridgehead atoms. The number of benzene rings is 1. The van der Waals surface area contributed by atoms with Crippen molar-refractivity contribution in [1.82, 2.24) is 19.7 Å². The molecule has 0 fully saturated rings. The number of ether oxygens (including phenoxy) is 1. The third-order valence-corrected chi connectivity index (χ3v) is 2.72. The predicted octanol–water partition coefficient (Wildman–Crippen LogP) is 2.34. The molecule has 0 N–H and O–H groups in total. The van der Waals surface area contributed by atoms with Crippen LogP contribution in [0.25, 0.3) is 17.1 Å². The molecule has 0 amide bonds. The summed E-state index contributed by atoms with van der Waals surface area (Å²) in [7, 11) is 1.55. The molecule has 0 saturated heterocycles. The van der Waals surface area contributed by atoms with Crippen LogP contribution in [0.1, 0.15) is 0 Å². The van der Waals surface area contributed by atoms with E-state index in [1.165, 1.54) is 0 Å². The quantitative estimate of drug-likeness (QED) is 0.718. The third kappa shape index (κ3) is 2.18. The molecule has 1 aromatic carbocycles. The van der Waals surface area contributed by atoms with Crippen molar-refractivity contribution in [3.05, 3.63) is 54.9 Å². The van der Waals surface area contributed by atoms with Crippen molar-refractivity contribution in [2.75, 3.05) is 7.11 Å². The van der Waals surface area contributed by atoms with Crippen molar-refractivity contribution in [2.24, 2.45) is 0 Å². The van der Waals surface area contributed by atoms with Gasteiger partial charge in [0.05, 0.1) is 30.4 Å². The largest absolute Gasteiger partial charge is 0.467 e. The first-order valence-electron chi connectivity index (χ1n) is 5.85. The van der Waals surface area contributed by atoms with Crippen LogP contribution in [0.5, 0.6) is 6.01 Å². The molecular formula is C14H12N4O. The lowest BCUT2D eigenvalue weighted by atomic mass is 10.2. The van der Waals surface area contributed by atoms with Crippen molar-refractivity contribution in [3.63, 3.8) is 0 Å². The summed E-state index contributed by atoms with van der Waals surface area (Å²) < 4.78 is 6.88. The lowest BCUT2D eigenvalue weighted by Crippen LogP contribution is -2.00. The Labute approximate surface area is 110 Å². The highest BCUT2D eigenvalue weighted by Crippen LogP contribution is 2.21. The van der Waals surface area contributed by atoms with Crippen LogP contribution in [0.4, 0.5) is 0 Å². The molecular weight excluding hydrogens is 240 g/mol. The van der Waals surface area contributed by atoms with Gasteiger partial charge in [0.15, 0.2) is 0 Å². The molecule has 2 heterocycles. The zero-order valence-electron chi connectivity index (χ0n) is 10.4. The first-order chi connectivity index (χ1) is 9.38. The first kappa shape index (κ1) is 11.4. The second-order valence-corrected chi connectivity index (χ2v) is 3.89. The van der Waals surface area contributed by atoms with Crippen molar-refractivity contribution in [2.45, 2.75) is 0 Å². The van der Waals surface area contributed by atoms with E-state index >= 15 is 0 Å². The summed E-state index contributed by atoms with van der Waals surface area (Å²) in [5.74, 6) is 0. The van der Waals surface area contributed by atoms with Gasteiger partial charge in [-0.15, -0.1) is 0 Å². The zero-order valence-corrected chi connectivity index (χ0v) is 10.4. The van der Waals surface area contributed by atoms with Gasteiger partial charge in [-0.2, -0.15) is 10.1 Å². The van der Waals surface area contributed by atoms with Crippen molar-refractivity contribution in [1.29, 1.82) is 0 Å². The number of methoxy groups -OCH3 is 1. The molecule has 0 radical (unpaired) electrons. The molecule has 94 valence electrons. The number of hydrogen-bond donors (Lipinski definition) is 0. The number of para-hydroxylation sites is 1. The summed E-state index contributed by atoms with van der Waals surface area (Å²) in [4.78, 5) is 8.33. The summed E-state index contributed by atoms with van der Waals surface area (Å²) >= 11 is 0. The fraction of sp³-hybridized carbons (Fsp3) is 0.0714. The normalized spacial score (nSPS) is 10.4.